The summed E-state index contributed by atoms with van der Waals surface area (Å²) >= 11 is 0. The van der Waals surface area contributed by atoms with Gasteiger partial charge >= 0.3 is 11.9 Å². The van der Waals surface area contributed by atoms with E-state index in [-0.39, 0.29) is 19.4 Å². The highest BCUT2D eigenvalue weighted by molar-refractivity contribution is 5.95. The van der Waals surface area contributed by atoms with E-state index in [1.807, 2.05) is 0 Å². The topological polar surface area (TPSA) is 242 Å². The summed E-state index contributed by atoms with van der Waals surface area (Å²) in [7, 11) is 0. The molecule has 0 aromatic heterocycles. The van der Waals surface area contributed by atoms with Crippen LogP contribution in [0.1, 0.15) is 39.0 Å². The Kier molecular flexibility index (Phi) is 10.00. The number of carboxylic acid groups (broad SMARTS) is 2. The number of aliphatic carboxylic acids is 2. The zero-order valence-corrected chi connectivity index (χ0v) is 17.5. The molecule has 0 aromatic carbocycles. The van der Waals surface area contributed by atoms with Gasteiger partial charge in [-0.15, -0.1) is 0 Å². The summed E-state index contributed by atoms with van der Waals surface area (Å²) in [6.45, 7) is 1.29. The Balaban J connectivity index is 2.99. The Morgan fingerprint density at radius 1 is 1.12 bits per heavy atom. The molecule has 1 heterocycles. The SMILES string of the molecule is CC(O)C(NC(=O)C1CCCN1C(=O)C(CCC(=O)O)NC(=O)C(N)CC(N)=O)C(=O)O. The summed E-state index contributed by atoms with van der Waals surface area (Å²) in [4.78, 5) is 72.1. The molecule has 0 radical (unpaired) electrons. The van der Waals surface area contributed by atoms with Crippen molar-refractivity contribution in [2.45, 2.75) is 69.3 Å². The molecule has 1 rings (SSSR count). The lowest BCUT2D eigenvalue weighted by Crippen LogP contribution is -2.58. The molecule has 5 atom stereocenters. The molecule has 1 fully saturated rings. The van der Waals surface area contributed by atoms with Gasteiger partial charge in [-0.25, -0.2) is 4.79 Å². The number of nitrogens with one attached hydrogen (secondary N) is 2. The highest BCUT2D eigenvalue weighted by Gasteiger charge is 2.39. The zero-order valence-electron chi connectivity index (χ0n) is 17.5. The number of aliphatic hydroxyl groups is 1. The zero-order chi connectivity index (χ0) is 24.6. The number of carboxylic acids is 2. The van der Waals surface area contributed by atoms with E-state index in [2.05, 4.69) is 10.6 Å². The number of aliphatic hydroxyl groups excluding tert-OH is 1. The molecule has 1 saturated heterocycles. The molecule has 32 heavy (non-hydrogen) atoms. The Morgan fingerprint density at radius 3 is 2.25 bits per heavy atom. The van der Waals surface area contributed by atoms with Crippen molar-refractivity contribution in [3.05, 3.63) is 0 Å². The number of nitrogens with two attached hydrogens (primary N) is 2. The van der Waals surface area contributed by atoms with Gasteiger partial charge in [-0.1, -0.05) is 0 Å². The summed E-state index contributed by atoms with van der Waals surface area (Å²) in [5.41, 5.74) is 10.6. The Hall–Kier alpha value is -3.26. The number of nitrogens with zero attached hydrogens (tertiary/aromatic N) is 1. The number of amides is 4. The molecule has 180 valence electrons. The summed E-state index contributed by atoms with van der Waals surface area (Å²) in [5.74, 6) is -5.99. The normalized spacial score (nSPS) is 19.3. The number of hydrogen-bond acceptors (Lipinski definition) is 8. The number of carbonyl (C=O) groups excluding carboxylic acids is 4. The van der Waals surface area contributed by atoms with E-state index in [0.29, 0.717) is 6.42 Å². The monoisotopic (exact) mass is 459 g/mol. The lowest BCUT2D eigenvalue weighted by atomic mass is 10.1. The van der Waals surface area contributed by atoms with Crippen LogP contribution in [0.3, 0.4) is 0 Å². The maximum absolute atomic E-state index is 13.0. The number of likely N-dealkylation sites (tertiary alicyclic amines) is 1. The Bertz CT molecular complexity index is 757. The van der Waals surface area contributed by atoms with Crippen molar-refractivity contribution >= 4 is 35.6 Å². The highest BCUT2D eigenvalue weighted by atomic mass is 16.4. The van der Waals surface area contributed by atoms with Crippen molar-refractivity contribution in [3.8, 4) is 0 Å². The van der Waals surface area contributed by atoms with E-state index in [4.69, 9.17) is 21.7 Å². The molecule has 0 aromatic rings. The van der Waals surface area contributed by atoms with Gasteiger partial charge in [0.15, 0.2) is 6.04 Å². The number of hydrogen-bond donors (Lipinski definition) is 7. The molecule has 0 aliphatic carbocycles. The molecular formula is C18H29N5O9. The van der Waals surface area contributed by atoms with Gasteiger partial charge < -0.3 is 42.3 Å². The van der Waals surface area contributed by atoms with E-state index in [0.717, 1.165) is 4.90 Å². The summed E-state index contributed by atoms with van der Waals surface area (Å²) in [6.07, 6.45) is -2.07. The van der Waals surface area contributed by atoms with Gasteiger partial charge in [-0.2, -0.15) is 0 Å². The average molecular weight is 459 g/mol. The smallest absolute Gasteiger partial charge is 0.328 e. The van der Waals surface area contributed by atoms with Crippen LogP contribution in [-0.2, 0) is 28.8 Å². The van der Waals surface area contributed by atoms with E-state index in [9.17, 15) is 33.9 Å². The first-order chi connectivity index (χ1) is 14.8. The second-order valence-electron chi connectivity index (χ2n) is 7.53. The molecule has 14 nitrogen and oxygen atoms in total. The van der Waals surface area contributed by atoms with Gasteiger partial charge in [0.1, 0.15) is 12.1 Å². The Labute approximate surface area is 183 Å². The van der Waals surface area contributed by atoms with Gasteiger partial charge in [0.05, 0.1) is 18.6 Å². The molecule has 9 N–H and O–H groups in total. The standard InChI is InChI=1S/C18H29N5O9/c1-8(24)14(18(31)32)22-16(29)11-3-2-6-23(11)17(30)10(4-5-13(26)27)21-15(28)9(19)7-12(20)25/h8-11,14,24H,2-7,19H2,1H3,(H2,20,25)(H,21,28)(H,22,29)(H,26,27)(H,31,32). The first-order valence-electron chi connectivity index (χ1n) is 9.92. The van der Waals surface area contributed by atoms with Crippen LogP contribution in [0.15, 0.2) is 0 Å². The lowest BCUT2D eigenvalue weighted by Gasteiger charge is -2.30. The van der Waals surface area contributed by atoms with Crippen LogP contribution >= 0.6 is 0 Å². The summed E-state index contributed by atoms with van der Waals surface area (Å²) in [6, 6.07) is -5.37. The van der Waals surface area contributed by atoms with Crippen molar-refractivity contribution in [1.29, 1.82) is 0 Å². The Morgan fingerprint density at radius 2 is 1.75 bits per heavy atom. The third-order valence-corrected chi connectivity index (χ3v) is 4.90. The van der Waals surface area contributed by atoms with Crippen LogP contribution in [0.25, 0.3) is 0 Å². The first-order valence-corrected chi connectivity index (χ1v) is 9.92. The van der Waals surface area contributed by atoms with Gasteiger partial charge in [0.2, 0.25) is 23.6 Å². The fraction of sp³-hybridized carbons (Fsp3) is 0.667. The number of primary amides is 1. The first kappa shape index (κ1) is 26.8. The van der Waals surface area contributed by atoms with Gasteiger partial charge in [0.25, 0.3) is 0 Å². The quantitative estimate of drug-likeness (QED) is 0.152. The van der Waals surface area contributed by atoms with Gasteiger partial charge in [-0.3, -0.25) is 24.0 Å². The third kappa shape index (κ3) is 7.77. The minimum Gasteiger partial charge on any atom is -0.481 e. The van der Waals surface area contributed by atoms with E-state index in [1.54, 1.807) is 0 Å². The van der Waals surface area contributed by atoms with Gasteiger partial charge in [0, 0.05) is 13.0 Å². The van der Waals surface area contributed by atoms with Crippen molar-refractivity contribution < 1.29 is 44.1 Å². The van der Waals surface area contributed by atoms with Crippen molar-refractivity contribution in [1.82, 2.24) is 15.5 Å². The summed E-state index contributed by atoms with van der Waals surface area (Å²) < 4.78 is 0. The average Bonchev–Trinajstić information content (AvgIpc) is 3.17. The molecule has 1 aliphatic rings. The molecule has 0 bridgehead atoms. The van der Waals surface area contributed by atoms with Crippen molar-refractivity contribution in [3.63, 3.8) is 0 Å². The maximum Gasteiger partial charge on any atom is 0.328 e. The highest BCUT2D eigenvalue weighted by Crippen LogP contribution is 2.20. The van der Waals surface area contributed by atoms with Crippen LogP contribution in [0.5, 0.6) is 0 Å². The van der Waals surface area contributed by atoms with Crippen LogP contribution in [0, 0.1) is 0 Å². The predicted octanol–water partition coefficient (Wildman–Crippen LogP) is -3.52. The van der Waals surface area contributed by atoms with E-state index >= 15 is 0 Å². The maximum atomic E-state index is 13.0. The third-order valence-electron chi connectivity index (χ3n) is 4.90. The molecule has 14 heteroatoms. The molecule has 5 unspecified atom stereocenters. The van der Waals surface area contributed by atoms with Crippen LogP contribution in [0.2, 0.25) is 0 Å². The van der Waals surface area contributed by atoms with Crippen LogP contribution in [-0.4, -0.2) is 92.6 Å². The molecule has 0 spiro atoms. The predicted molar refractivity (Wildman–Crippen MR) is 107 cm³/mol. The van der Waals surface area contributed by atoms with E-state index in [1.165, 1.54) is 6.92 Å². The fourth-order valence-corrected chi connectivity index (χ4v) is 3.25. The fourth-order valence-electron chi connectivity index (χ4n) is 3.25. The second-order valence-corrected chi connectivity index (χ2v) is 7.53. The minimum absolute atomic E-state index is 0.107. The number of rotatable bonds is 12. The van der Waals surface area contributed by atoms with Gasteiger partial charge in [-0.05, 0) is 26.2 Å². The molecule has 1 aliphatic heterocycles. The lowest BCUT2D eigenvalue weighted by molar-refractivity contribution is -0.147. The van der Waals surface area contributed by atoms with Crippen LogP contribution in [0.4, 0.5) is 0 Å². The molecule has 4 amide bonds. The molecule has 0 saturated carbocycles. The largest absolute Gasteiger partial charge is 0.481 e. The van der Waals surface area contributed by atoms with Crippen molar-refractivity contribution in [2.75, 3.05) is 6.54 Å². The minimum atomic E-state index is -1.59. The number of carbonyl (C=O) groups is 6. The summed E-state index contributed by atoms with van der Waals surface area (Å²) in [5, 5.41) is 32.1. The van der Waals surface area contributed by atoms with Crippen LogP contribution < -0.4 is 22.1 Å². The van der Waals surface area contributed by atoms with E-state index < -0.39 is 78.7 Å². The van der Waals surface area contributed by atoms with Crippen molar-refractivity contribution in [2.24, 2.45) is 11.5 Å². The molecular weight excluding hydrogens is 430 g/mol. The second kappa shape index (κ2) is 12.0.